The number of thiazole rings is 1. The highest BCUT2D eigenvalue weighted by Crippen LogP contribution is 2.40. The quantitative estimate of drug-likeness (QED) is 0.337. The molecule has 0 radical (unpaired) electrons. The number of nitro groups is 1. The second-order valence-corrected chi connectivity index (χ2v) is 7.16. The molecular formula is C21H15N3O5S. The highest BCUT2D eigenvalue weighted by atomic mass is 32.1. The third-order valence-electron chi connectivity index (χ3n) is 4.30. The molecular weight excluding hydrogens is 406 g/mol. The van der Waals surface area contributed by atoms with Gasteiger partial charge in [-0.15, -0.1) is 0 Å². The molecule has 4 aromatic rings. The van der Waals surface area contributed by atoms with Gasteiger partial charge in [-0.05, 0) is 54.1 Å². The predicted octanol–water partition coefficient (Wildman–Crippen LogP) is 5.24. The molecule has 0 aliphatic rings. The molecule has 0 unspecified atom stereocenters. The van der Waals surface area contributed by atoms with Crippen LogP contribution in [0.1, 0.15) is 10.6 Å². The molecule has 30 heavy (non-hydrogen) atoms. The van der Waals surface area contributed by atoms with E-state index in [2.05, 4.69) is 10.3 Å². The fourth-order valence-corrected chi connectivity index (χ4v) is 3.80. The maximum absolute atomic E-state index is 12.3. The van der Waals surface area contributed by atoms with Crippen molar-refractivity contribution < 1.29 is 18.9 Å². The van der Waals surface area contributed by atoms with E-state index >= 15 is 0 Å². The van der Waals surface area contributed by atoms with Gasteiger partial charge >= 0.3 is 0 Å². The minimum absolute atomic E-state index is 0.00803. The third-order valence-corrected chi connectivity index (χ3v) is 5.32. The van der Waals surface area contributed by atoms with Crippen molar-refractivity contribution in [3.63, 3.8) is 0 Å². The first-order valence-corrected chi connectivity index (χ1v) is 9.62. The molecule has 0 spiro atoms. The van der Waals surface area contributed by atoms with E-state index in [4.69, 9.17) is 9.15 Å². The van der Waals surface area contributed by atoms with E-state index in [-0.39, 0.29) is 11.4 Å². The Kier molecular flexibility index (Phi) is 5.27. The summed E-state index contributed by atoms with van der Waals surface area (Å²) < 4.78 is 10.3. The van der Waals surface area contributed by atoms with Gasteiger partial charge in [0.2, 0.25) is 0 Å². The lowest BCUT2D eigenvalue weighted by Crippen LogP contribution is -2.10. The number of hydrogen-bond acceptors (Lipinski definition) is 7. The van der Waals surface area contributed by atoms with Crippen molar-refractivity contribution in [2.45, 2.75) is 0 Å². The number of nitrogens with one attached hydrogen (secondary N) is 1. The molecule has 0 fully saturated rings. The van der Waals surface area contributed by atoms with Gasteiger partial charge in [0.05, 0.1) is 28.9 Å². The van der Waals surface area contributed by atoms with Crippen LogP contribution in [-0.4, -0.2) is 22.9 Å². The standard InChI is InChI=1S/C21H15N3O5S/c1-28-16-10-6-14(7-11-16)19-18(13-4-8-15(9-5-13)24(26)27)22-21(30-19)23-20(25)17-3-2-12-29-17/h2-12H,1H3,(H,22,23,25). The first-order valence-electron chi connectivity index (χ1n) is 8.80. The Morgan fingerprint density at radius 2 is 1.80 bits per heavy atom. The van der Waals surface area contributed by atoms with Crippen molar-refractivity contribution in [2.24, 2.45) is 0 Å². The normalized spacial score (nSPS) is 10.6. The van der Waals surface area contributed by atoms with Crippen LogP contribution in [0.25, 0.3) is 21.7 Å². The Hall–Kier alpha value is -3.98. The lowest BCUT2D eigenvalue weighted by Gasteiger charge is -2.04. The summed E-state index contributed by atoms with van der Waals surface area (Å²) in [6.07, 6.45) is 1.42. The number of non-ortho nitro benzene ring substituents is 1. The number of carbonyl (C=O) groups excluding carboxylic acids is 1. The van der Waals surface area contributed by atoms with Crippen LogP contribution in [0.15, 0.2) is 71.3 Å². The number of amides is 1. The van der Waals surface area contributed by atoms with Gasteiger partial charge < -0.3 is 9.15 Å². The van der Waals surface area contributed by atoms with E-state index in [9.17, 15) is 14.9 Å². The molecule has 2 aromatic heterocycles. The molecule has 0 bridgehead atoms. The number of rotatable bonds is 6. The number of aromatic nitrogens is 1. The minimum atomic E-state index is -0.454. The topological polar surface area (TPSA) is 108 Å². The first kappa shape index (κ1) is 19.3. The molecule has 0 saturated heterocycles. The number of carbonyl (C=O) groups is 1. The van der Waals surface area contributed by atoms with Crippen LogP contribution in [0, 0.1) is 10.1 Å². The Bertz CT molecular complexity index is 1180. The monoisotopic (exact) mass is 421 g/mol. The smallest absolute Gasteiger partial charge is 0.293 e. The Labute approximate surface area is 174 Å². The van der Waals surface area contributed by atoms with Crippen molar-refractivity contribution in [3.05, 3.63) is 82.8 Å². The lowest BCUT2D eigenvalue weighted by molar-refractivity contribution is -0.384. The molecule has 1 N–H and O–H groups in total. The summed E-state index contributed by atoms with van der Waals surface area (Å²) in [5.41, 5.74) is 2.17. The average Bonchev–Trinajstić information content (AvgIpc) is 3.44. The van der Waals surface area contributed by atoms with Crippen LogP contribution in [0.2, 0.25) is 0 Å². The highest BCUT2D eigenvalue weighted by Gasteiger charge is 2.19. The average molecular weight is 421 g/mol. The second kappa shape index (κ2) is 8.18. The Morgan fingerprint density at radius 1 is 1.10 bits per heavy atom. The zero-order valence-electron chi connectivity index (χ0n) is 15.7. The summed E-state index contributed by atoms with van der Waals surface area (Å²) in [7, 11) is 1.59. The summed E-state index contributed by atoms with van der Waals surface area (Å²) >= 11 is 1.30. The molecule has 9 heteroatoms. The van der Waals surface area contributed by atoms with Crippen molar-refractivity contribution in [2.75, 3.05) is 12.4 Å². The number of hydrogen-bond donors (Lipinski definition) is 1. The minimum Gasteiger partial charge on any atom is -0.497 e. The molecule has 150 valence electrons. The van der Waals surface area contributed by atoms with Crippen LogP contribution < -0.4 is 10.1 Å². The summed E-state index contributed by atoms with van der Waals surface area (Å²) in [6.45, 7) is 0. The maximum atomic E-state index is 12.3. The SMILES string of the molecule is COc1ccc(-c2sc(NC(=O)c3ccco3)nc2-c2ccc([N+](=O)[O-])cc2)cc1. The zero-order valence-corrected chi connectivity index (χ0v) is 16.5. The Morgan fingerprint density at radius 3 is 2.40 bits per heavy atom. The molecule has 2 heterocycles. The summed E-state index contributed by atoms with van der Waals surface area (Å²) in [5, 5.41) is 14.1. The van der Waals surface area contributed by atoms with Gasteiger partial charge in [-0.2, -0.15) is 0 Å². The van der Waals surface area contributed by atoms with Gasteiger partial charge in [-0.25, -0.2) is 4.98 Å². The van der Waals surface area contributed by atoms with E-state index in [1.807, 2.05) is 24.3 Å². The second-order valence-electron chi connectivity index (χ2n) is 6.16. The summed E-state index contributed by atoms with van der Waals surface area (Å²) in [5.74, 6) is 0.477. The number of nitro benzene ring substituents is 1. The highest BCUT2D eigenvalue weighted by molar-refractivity contribution is 7.19. The fourth-order valence-electron chi connectivity index (χ4n) is 2.81. The lowest BCUT2D eigenvalue weighted by atomic mass is 10.1. The van der Waals surface area contributed by atoms with Crippen LogP contribution in [-0.2, 0) is 0 Å². The van der Waals surface area contributed by atoms with Crippen molar-refractivity contribution in [1.29, 1.82) is 0 Å². The van der Waals surface area contributed by atoms with E-state index in [1.54, 1.807) is 31.4 Å². The number of benzene rings is 2. The van der Waals surface area contributed by atoms with Gasteiger partial charge in [0.25, 0.3) is 11.6 Å². The molecule has 0 aliphatic carbocycles. The van der Waals surface area contributed by atoms with E-state index in [1.165, 1.54) is 29.7 Å². The number of furan rings is 1. The molecule has 2 aromatic carbocycles. The van der Waals surface area contributed by atoms with Crippen molar-refractivity contribution in [1.82, 2.24) is 4.98 Å². The number of methoxy groups -OCH3 is 1. The molecule has 8 nitrogen and oxygen atoms in total. The summed E-state index contributed by atoms with van der Waals surface area (Å²) in [4.78, 5) is 28.2. The van der Waals surface area contributed by atoms with Gasteiger partial charge in [-0.1, -0.05) is 11.3 Å². The van der Waals surface area contributed by atoms with Gasteiger partial charge in [-0.3, -0.25) is 20.2 Å². The predicted molar refractivity (Wildman–Crippen MR) is 113 cm³/mol. The van der Waals surface area contributed by atoms with E-state index in [0.717, 1.165) is 10.4 Å². The molecule has 1 amide bonds. The van der Waals surface area contributed by atoms with Crippen molar-refractivity contribution in [3.8, 4) is 27.4 Å². The van der Waals surface area contributed by atoms with Crippen LogP contribution in [0.3, 0.4) is 0 Å². The zero-order chi connectivity index (χ0) is 21.1. The molecule has 0 atom stereocenters. The summed E-state index contributed by atoms with van der Waals surface area (Å²) in [6, 6.07) is 16.7. The third kappa shape index (κ3) is 3.91. The molecule has 0 aliphatic heterocycles. The molecule has 0 saturated carbocycles. The van der Waals surface area contributed by atoms with Crippen molar-refractivity contribution >= 4 is 28.1 Å². The Balaban J connectivity index is 1.74. The number of ether oxygens (including phenoxy) is 1. The fraction of sp³-hybridized carbons (Fsp3) is 0.0476. The van der Waals surface area contributed by atoms with Crippen LogP contribution in [0.4, 0.5) is 10.8 Å². The first-order chi connectivity index (χ1) is 14.5. The maximum Gasteiger partial charge on any atom is 0.293 e. The van der Waals surface area contributed by atoms with E-state index in [0.29, 0.717) is 22.1 Å². The van der Waals surface area contributed by atoms with Crippen LogP contribution >= 0.6 is 11.3 Å². The van der Waals surface area contributed by atoms with E-state index < -0.39 is 10.8 Å². The molecule has 4 rings (SSSR count). The van der Waals surface area contributed by atoms with Gasteiger partial charge in [0, 0.05) is 17.7 Å². The number of anilines is 1. The number of nitrogens with zero attached hydrogens (tertiary/aromatic N) is 2. The van der Waals surface area contributed by atoms with Gasteiger partial charge in [0.15, 0.2) is 10.9 Å². The largest absolute Gasteiger partial charge is 0.497 e. The van der Waals surface area contributed by atoms with Gasteiger partial charge in [0.1, 0.15) is 5.75 Å². The van der Waals surface area contributed by atoms with Crippen LogP contribution in [0.5, 0.6) is 5.75 Å².